The number of hydrogen-bond donors (Lipinski definition) is 0. The van der Waals surface area contributed by atoms with Crippen LogP contribution in [-0.2, 0) is 22.6 Å². The monoisotopic (exact) mass is 409 g/mol. The predicted molar refractivity (Wildman–Crippen MR) is 108 cm³/mol. The van der Waals surface area contributed by atoms with E-state index < -0.39 is 0 Å². The Morgan fingerprint density at radius 2 is 2.07 bits per heavy atom. The van der Waals surface area contributed by atoms with E-state index in [1.807, 2.05) is 6.07 Å². The molecule has 4 aromatic rings. The first-order valence-corrected chi connectivity index (χ1v) is 9.79. The van der Waals surface area contributed by atoms with Gasteiger partial charge in [-0.05, 0) is 36.6 Å². The Labute approximate surface area is 170 Å². The van der Waals surface area contributed by atoms with E-state index in [1.165, 1.54) is 12.1 Å². The normalized spacial score (nSPS) is 16.7. The van der Waals surface area contributed by atoms with E-state index in [2.05, 4.69) is 15.3 Å². The standard InChI is InChI=1S/C21H20FN5O3/c1-29-12-16-18(13-4-6-14(22)7-5-13)20-24-23-19-17(27(20)25-16)8-9-26(21(19)28)11-15-3-2-10-30-15/h4-9,15H,2-3,10-12H2,1H3. The molecule has 1 atom stereocenters. The maximum atomic E-state index is 13.4. The molecule has 3 aromatic heterocycles. The van der Waals surface area contributed by atoms with Gasteiger partial charge in [0.1, 0.15) is 11.3 Å². The summed E-state index contributed by atoms with van der Waals surface area (Å²) in [5.74, 6) is -0.327. The van der Waals surface area contributed by atoms with Gasteiger partial charge in [-0.15, -0.1) is 10.2 Å². The lowest BCUT2D eigenvalue weighted by Crippen LogP contribution is -2.27. The van der Waals surface area contributed by atoms with E-state index in [0.717, 1.165) is 25.0 Å². The Bertz CT molecular complexity index is 1280. The summed E-state index contributed by atoms with van der Waals surface area (Å²) in [5, 5.41) is 13.1. The molecule has 1 aliphatic heterocycles. The summed E-state index contributed by atoms with van der Waals surface area (Å²) < 4.78 is 27.6. The topological polar surface area (TPSA) is 83.5 Å². The zero-order valence-corrected chi connectivity index (χ0v) is 16.4. The number of methoxy groups -OCH3 is 1. The number of fused-ring (bicyclic) bond motifs is 3. The smallest absolute Gasteiger partial charge is 0.280 e. The van der Waals surface area contributed by atoms with E-state index >= 15 is 0 Å². The van der Waals surface area contributed by atoms with E-state index in [-0.39, 0.29) is 29.6 Å². The van der Waals surface area contributed by atoms with Gasteiger partial charge in [0.2, 0.25) is 0 Å². The summed E-state index contributed by atoms with van der Waals surface area (Å²) in [6, 6.07) is 7.90. The van der Waals surface area contributed by atoms with Crippen molar-refractivity contribution in [1.82, 2.24) is 24.4 Å². The second kappa shape index (κ2) is 7.58. The van der Waals surface area contributed by atoms with Gasteiger partial charge in [0.15, 0.2) is 11.2 Å². The van der Waals surface area contributed by atoms with Crippen LogP contribution in [0.1, 0.15) is 18.5 Å². The first-order chi connectivity index (χ1) is 14.7. The van der Waals surface area contributed by atoms with Crippen molar-refractivity contribution >= 4 is 16.7 Å². The van der Waals surface area contributed by atoms with Crippen molar-refractivity contribution in [2.45, 2.75) is 32.1 Å². The fourth-order valence-corrected chi connectivity index (χ4v) is 3.93. The summed E-state index contributed by atoms with van der Waals surface area (Å²) >= 11 is 0. The average molecular weight is 409 g/mol. The molecular formula is C21H20FN5O3. The molecule has 1 fully saturated rings. The molecule has 9 heteroatoms. The molecule has 0 saturated carbocycles. The number of ether oxygens (including phenoxy) is 2. The highest BCUT2D eigenvalue weighted by atomic mass is 19.1. The number of benzene rings is 1. The SMILES string of the molecule is COCc1nn2c(nnc3c(=O)n(CC4CCCO4)ccc32)c1-c1ccc(F)cc1. The van der Waals surface area contributed by atoms with Gasteiger partial charge in [-0.25, -0.2) is 8.91 Å². The molecule has 1 saturated heterocycles. The fourth-order valence-electron chi connectivity index (χ4n) is 3.93. The highest BCUT2D eigenvalue weighted by molar-refractivity contribution is 5.84. The Morgan fingerprint density at radius 3 is 2.80 bits per heavy atom. The summed E-state index contributed by atoms with van der Waals surface area (Å²) in [6.45, 7) is 1.46. The number of hydrogen-bond acceptors (Lipinski definition) is 6. The average Bonchev–Trinajstić information content (AvgIpc) is 3.39. The van der Waals surface area contributed by atoms with Gasteiger partial charge in [-0.2, -0.15) is 5.10 Å². The van der Waals surface area contributed by atoms with Gasteiger partial charge < -0.3 is 14.0 Å². The third-order valence-corrected chi connectivity index (χ3v) is 5.36. The van der Waals surface area contributed by atoms with Crippen molar-refractivity contribution in [1.29, 1.82) is 0 Å². The van der Waals surface area contributed by atoms with Gasteiger partial charge in [0, 0.05) is 19.9 Å². The summed E-state index contributed by atoms with van der Waals surface area (Å²) in [7, 11) is 1.58. The third kappa shape index (κ3) is 3.16. The highest BCUT2D eigenvalue weighted by Crippen LogP contribution is 2.29. The lowest BCUT2D eigenvalue weighted by atomic mass is 10.1. The highest BCUT2D eigenvalue weighted by Gasteiger charge is 2.21. The molecule has 1 unspecified atom stereocenters. The first kappa shape index (κ1) is 18.8. The lowest BCUT2D eigenvalue weighted by molar-refractivity contribution is 0.0963. The van der Waals surface area contributed by atoms with E-state index in [4.69, 9.17) is 9.47 Å². The minimum atomic E-state index is -0.327. The summed E-state index contributed by atoms with van der Waals surface area (Å²) in [4.78, 5) is 13.0. The molecular weight excluding hydrogens is 389 g/mol. The minimum Gasteiger partial charge on any atom is -0.378 e. The van der Waals surface area contributed by atoms with Crippen LogP contribution < -0.4 is 5.56 Å². The van der Waals surface area contributed by atoms with Gasteiger partial charge >= 0.3 is 0 Å². The zero-order chi connectivity index (χ0) is 20.7. The van der Waals surface area contributed by atoms with Crippen LogP contribution in [-0.4, -0.2) is 44.2 Å². The van der Waals surface area contributed by atoms with Crippen LogP contribution in [0.2, 0.25) is 0 Å². The molecule has 154 valence electrons. The quantitative estimate of drug-likeness (QED) is 0.504. The molecule has 8 nitrogen and oxygen atoms in total. The van der Waals surface area contributed by atoms with Crippen LogP contribution in [0, 0.1) is 5.82 Å². The van der Waals surface area contributed by atoms with Gasteiger partial charge in [0.25, 0.3) is 5.56 Å². The molecule has 5 rings (SSSR count). The molecule has 0 N–H and O–H groups in total. The maximum Gasteiger partial charge on any atom is 0.280 e. The van der Waals surface area contributed by atoms with Crippen molar-refractivity contribution < 1.29 is 13.9 Å². The van der Waals surface area contributed by atoms with Gasteiger partial charge in [0.05, 0.1) is 30.5 Å². The maximum absolute atomic E-state index is 13.4. The Hall–Kier alpha value is -3.17. The lowest BCUT2D eigenvalue weighted by Gasteiger charge is -2.12. The zero-order valence-electron chi connectivity index (χ0n) is 16.4. The van der Waals surface area contributed by atoms with Gasteiger partial charge in [-0.1, -0.05) is 12.1 Å². The number of rotatable bonds is 5. The number of nitrogens with zero attached hydrogens (tertiary/aromatic N) is 5. The fraction of sp³-hybridized carbons (Fsp3) is 0.333. The van der Waals surface area contributed by atoms with Crippen molar-refractivity contribution in [3.8, 4) is 11.1 Å². The second-order valence-electron chi connectivity index (χ2n) is 7.34. The largest absolute Gasteiger partial charge is 0.378 e. The van der Waals surface area contributed by atoms with Crippen LogP contribution in [0.5, 0.6) is 0 Å². The molecule has 0 aliphatic carbocycles. The van der Waals surface area contributed by atoms with Crippen molar-refractivity contribution in [3.05, 3.63) is 58.4 Å². The number of halogens is 1. The van der Waals surface area contributed by atoms with E-state index in [9.17, 15) is 9.18 Å². The van der Waals surface area contributed by atoms with Crippen LogP contribution in [0.15, 0.2) is 41.3 Å². The Balaban J connectivity index is 1.68. The molecule has 0 bridgehead atoms. The molecule has 0 radical (unpaired) electrons. The molecule has 1 aromatic carbocycles. The van der Waals surface area contributed by atoms with Crippen molar-refractivity contribution in [2.24, 2.45) is 0 Å². The van der Waals surface area contributed by atoms with Gasteiger partial charge in [-0.3, -0.25) is 4.79 Å². The van der Waals surface area contributed by atoms with E-state index in [0.29, 0.717) is 29.0 Å². The third-order valence-electron chi connectivity index (χ3n) is 5.36. The molecule has 0 spiro atoms. The number of pyridine rings is 1. The molecule has 4 heterocycles. The van der Waals surface area contributed by atoms with Crippen LogP contribution >= 0.6 is 0 Å². The molecule has 0 amide bonds. The van der Waals surface area contributed by atoms with Crippen molar-refractivity contribution in [3.63, 3.8) is 0 Å². The minimum absolute atomic E-state index is 0.0416. The Kier molecular flexibility index (Phi) is 4.76. The Morgan fingerprint density at radius 1 is 1.23 bits per heavy atom. The second-order valence-corrected chi connectivity index (χ2v) is 7.34. The predicted octanol–water partition coefficient (Wildman–Crippen LogP) is 2.57. The summed E-state index contributed by atoms with van der Waals surface area (Å²) in [6.07, 6.45) is 3.73. The number of aromatic nitrogens is 5. The molecule has 1 aliphatic rings. The van der Waals surface area contributed by atoms with Crippen LogP contribution in [0.4, 0.5) is 4.39 Å². The van der Waals surface area contributed by atoms with E-state index in [1.54, 1.807) is 34.5 Å². The summed E-state index contributed by atoms with van der Waals surface area (Å²) in [5.41, 5.74) is 3.13. The molecule has 30 heavy (non-hydrogen) atoms. The first-order valence-electron chi connectivity index (χ1n) is 9.79. The van der Waals surface area contributed by atoms with Crippen molar-refractivity contribution in [2.75, 3.05) is 13.7 Å². The van der Waals surface area contributed by atoms with Crippen LogP contribution in [0.25, 0.3) is 27.8 Å². The van der Waals surface area contributed by atoms with Crippen LogP contribution in [0.3, 0.4) is 0 Å².